The molecule has 0 saturated carbocycles. The molecule has 2 unspecified atom stereocenters. The molecule has 5 nitrogen and oxygen atoms in total. The Morgan fingerprint density at radius 1 is 1.52 bits per heavy atom. The van der Waals surface area contributed by atoms with Gasteiger partial charge in [-0.05, 0) is 25.0 Å². The quantitative estimate of drug-likeness (QED) is 0.786. The van der Waals surface area contributed by atoms with Crippen LogP contribution in [0.2, 0.25) is 0 Å². The summed E-state index contributed by atoms with van der Waals surface area (Å²) in [4.78, 5) is 19.7. The molecule has 2 aliphatic heterocycles. The fraction of sp³-hybridized carbons (Fsp3) is 0.500. The number of halogens is 2. The standard InChI is InChI=1S/C14H14F2N4O/c1-14(12(15)16)8-19-4-3-11(20(19)13(14)21)9-5-10(17-2)7-18-6-9/h5-7,11-12H,3-4,8H2,1H3. The van der Waals surface area contributed by atoms with Crippen LogP contribution >= 0.6 is 0 Å². The summed E-state index contributed by atoms with van der Waals surface area (Å²) >= 11 is 0. The first-order valence-electron chi connectivity index (χ1n) is 6.66. The zero-order valence-electron chi connectivity index (χ0n) is 11.5. The fourth-order valence-corrected chi connectivity index (χ4v) is 2.99. The van der Waals surface area contributed by atoms with Crippen LogP contribution in [0.1, 0.15) is 24.9 Å². The summed E-state index contributed by atoms with van der Waals surface area (Å²) in [5.41, 5.74) is -0.546. The predicted molar refractivity (Wildman–Crippen MR) is 70.4 cm³/mol. The van der Waals surface area contributed by atoms with Crippen LogP contribution in [0, 0.1) is 12.0 Å². The van der Waals surface area contributed by atoms with Crippen molar-refractivity contribution in [3.05, 3.63) is 35.4 Å². The number of nitrogens with zero attached hydrogens (tertiary/aromatic N) is 4. The molecule has 3 heterocycles. The van der Waals surface area contributed by atoms with E-state index in [0.29, 0.717) is 18.7 Å². The summed E-state index contributed by atoms with van der Waals surface area (Å²) < 4.78 is 26.4. The smallest absolute Gasteiger partial charge is 0.254 e. The van der Waals surface area contributed by atoms with Gasteiger partial charge in [-0.3, -0.25) is 14.8 Å². The highest BCUT2D eigenvalue weighted by Gasteiger charge is 2.57. The normalized spacial score (nSPS) is 29.0. The SMILES string of the molecule is [C-]#[N+]c1cncc(C2CCN3CC(C)(C(F)F)C(=O)N23)c1. The average molecular weight is 292 g/mol. The van der Waals surface area contributed by atoms with Gasteiger partial charge in [-0.15, -0.1) is 0 Å². The van der Waals surface area contributed by atoms with Gasteiger partial charge in [-0.25, -0.2) is 18.6 Å². The van der Waals surface area contributed by atoms with Gasteiger partial charge < -0.3 is 0 Å². The molecule has 1 aromatic heterocycles. The van der Waals surface area contributed by atoms with Crippen molar-refractivity contribution in [1.29, 1.82) is 0 Å². The minimum atomic E-state index is -2.69. The van der Waals surface area contributed by atoms with Gasteiger partial charge in [0, 0.05) is 25.5 Å². The fourth-order valence-electron chi connectivity index (χ4n) is 2.99. The third-order valence-corrected chi connectivity index (χ3v) is 4.21. The maximum absolute atomic E-state index is 13.2. The molecule has 0 aromatic carbocycles. The lowest BCUT2D eigenvalue weighted by molar-refractivity contribution is -0.147. The molecule has 2 aliphatic rings. The molecule has 1 aromatic rings. The van der Waals surface area contributed by atoms with E-state index in [1.165, 1.54) is 18.1 Å². The monoisotopic (exact) mass is 292 g/mol. The van der Waals surface area contributed by atoms with E-state index < -0.39 is 17.7 Å². The molecule has 2 fully saturated rings. The molecule has 2 atom stereocenters. The van der Waals surface area contributed by atoms with Gasteiger partial charge in [0.15, 0.2) is 0 Å². The van der Waals surface area contributed by atoms with Crippen LogP contribution in [0.5, 0.6) is 0 Å². The molecule has 0 aliphatic carbocycles. The van der Waals surface area contributed by atoms with Crippen LogP contribution in [-0.4, -0.2) is 40.4 Å². The number of rotatable bonds is 2. The van der Waals surface area contributed by atoms with Crippen LogP contribution in [0.15, 0.2) is 18.5 Å². The second-order valence-corrected chi connectivity index (χ2v) is 5.65. The lowest BCUT2D eigenvalue weighted by Crippen LogP contribution is -2.39. The highest BCUT2D eigenvalue weighted by Crippen LogP contribution is 2.45. The van der Waals surface area contributed by atoms with Crippen molar-refractivity contribution >= 4 is 11.6 Å². The number of fused-ring (bicyclic) bond motifs is 1. The molecule has 0 radical (unpaired) electrons. The van der Waals surface area contributed by atoms with E-state index >= 15 is 0 Å². The predicted octanol–water partition coefficient (Wildman–Crippen LogP) is 2.41. The van der Waals surface area contributed by atoms with E-state index in [1.54, 1.807) is 17.3 Å². The number of hydrazine groups is 1. The van der Waals surface area contributed by atoms with E-state index in [1.807, 2.05) is 0 Å². The number of amides is 1. The van der Waals surface area contributed by atoms with Crippen LogP contribution in [0.4, 0.5) is 14.5 Å². The van der Waals surface area contributed by atoms with Crippen LogP contribution < -0.4 is 0 Å². The molecular formula is C14H14F2N4O. The lowest BCUT2D eigenvalue weighted by atomic mass is 9.90. The minimum Gasteiger partial charge on any atom is -0.276 e. The zero-order valence-corrected chi connectivity index (χ0v) is 11.5. The second kappa shape index (κ2) is 4.74. The van der Waals surface area contributed by atoms with Gasteiger partial charge in [-0.2, -0.15) is 0 Å². The van der Waals surface area contributed by atoms with Crippen molar-refractivity contribution in [3.63, 3.8) is 0 Å². The van der Waals surface area contributed by atoms with Gasteiger partial charge >= 0.3 is 0 Å². The second-order valence-electron chi connectivity index (χ2n) is 5.65. The summed E-state index contributed by atoms with van der Waals surface area (Å²) in [7, 11) is 0. The van der Waals surface area contributed by atoms with Gasteiger partial charge in [0.25, 0.3) is 12.3 Å². The van der Waals surface area contributed by atoms with Crippen LogP contribution in [0.25, 0.3) is 4.85 Å². The third-order valence-electron chi connectivity index (χ3n) is 4.21. The molecule has 0 bridgehead atoms. The van der Waals surface area contributed by atoms with Gasteiger partial charge in [0.05, 0.1) is 12.6 Å². The Bertz CT molecular complexity index is 630. The molecule has 1 amide bonds. The lowest BCUT2D eigenvalue weighted by Gasteiger charge is -2.26. The Morgan fingerprint density at radius 2 is 2.29 bits per heavy atom. The Hall–Kier alpha value is -2.07. The van der Waals surface area contributed by atoms with Crippen LogP contribution in [-0.2, 0) is 4.79 Å². The molecular weight excluding hydrogens is 278 g/mol. The Kier molecular flexibility index (Phi) is 3.14. The number of pyridine rings is 1. The van der Waals surface area contributed by atoms with E-state index in [0.717, 1.165) is 5.56 Å². The van der Waals surface area contributed by atoms with E-state index in [4.69, 9.17) is 6.57 Å². The number of hydrogen-bond acceptors (Lipinski definition) is 3. The number of hydrogen-bond donors (Lipinski definition) is 0. The average Bonchev–Trinajstić information content (AvgIpc) is 2.99. The van der Waals surface area contributed by atoms with Crippen molar-refractivity contribution in [1.82, 2.24) is 15.0 Å². The summed E-state index contributed by atoms with van der Waals surface area (Å²) in [6.07, 6.45) is 1.00. The largest absolute Gasteiger partial charge is 0.276 e. The van der Waals surface area contributed by atoms with Crippen molar-refractivity contribution < 1.29 is 13.6 Å². The number of aromatic nitrogens is 1. The Balaban J connectivity index is 1.94. The van der Waals surface area contributed by atoms with Gasteiger partial charge in [0.2, 0.25) is 5.69 Å². The Labute approximate surface area is 121 Å². The highest BCUT2D eigenvalue weighted by molar-refractivity contribution is 5.85. The summed E-state index contributed by atoms with van der Waals surface area (Å²) in [5.74, 6) is -0.548. The summed E-state index contributed by atoms with van der Waals surface area (Å²) in [6, 6.07) is 1.35. The topological polar surface area (TPSA) is 40.8 Å². The summed E-state index contributed by atoms with van der Waals surface area (Å²) in [5, 5.41) is 3.11. The number of alkyl halides is 2. The van der Waals surface area contributed by atoms with Gasteiger partial charge in [-0.1, -0.05) is 0 Å². The van der Waals surface area contributed by atoms with Crippen molar-refractivity contribution in [2.45, 2.75) is 25.8 Å². The van der Waals surface area contributed by atoms with E-state index in [9.17, 15) is 13.6 Å². The Morgan fingerprint density at radius 3 is 2.95 bits per heavy atom. The van der Waals surface area contributed by atoms with E-state index in [-0.39, 0.29) is 12.6 Å². The first kappa shape index (κ1) is 13.9. The number of carbonyl (C=O) groups is 1. The third kappa shape index (κ3) is 1.98. The van der Waals surface area contributed by atoms with Crippen molar-refractivity contribution in [2.75, 3.05) is 13.1 Å². The minimum absolute atomic E-state index is 0.0376. The molecule has 7 heteroatoms. The van der Waals surface area contributed by atoms with Crippen molar-refractivity contribution in [3.8, 4) is 0 Å². The first-order chi connectivity index (χ1) is 9.97. The van der Waals surface area contributed by atoms with Gasteiger partial charge in [0.1, 0.15) is 5.41 Å². The molecule has 0 spiro atoms. The highest BCUT2D eigenvalue weighted by atomic mass is 19.3. The maximum atomic E-state index is 13.2. The van der Waals surface area contributed by atoms with Crippen molar-refractivity contribution in [2.24, 2.45) is 5.41 Å². The summed E-state index contributed by atoms with van der Waals surface area (Å²) in [6.45, 7) is 8.91. The molecule has 2 saturated heterocycles. The zero-order chi connectivity index (χ0) is 15.2. The number of carbonyl (C=O) groups excluding carboxylic acids is 1. The molecule has 110 valence electrons. The molecule has 3 rings (SSSR count). The molecule has 0 N–H and O–H groups in total. The first-order valence-corrected chi connectivity index (χ1v) is 6.66. The van der Waals surface area contributed by atoms with E-state index in [2.05, 4.69) is 9.83 Å². The van der Waals surface area contributed by atoms with Crippen LogP contribution in [0.3, 0.4) is 0 Å². The molecule has 21 heavy (non-hydrogen) atoms. The maximum Gasteiger partial charge on any atom is 0.254 e.